The second kappa shape index (κ2) is 7.45. The highest BCUT2D eigenvalue weighted by molar-refractivity contribution is 9.10. The summed E-state index contributed by atoms with van der Waals surface area (Å²) in [5.74, 6) is -0.0550. The lowest BCUT2D eigenvalue weighted by Gasteiger charge is -2.19. The van der Waals surface area contributed by atoms with Crippen LogP contribution in [0.3, 0.4) is 0 Å². The van der Waals surface area contributed by atoms with Crippen LogP contribution in [0.25, 0.3) is 0 Å². The lowest BCUT2D eigenvalue weighted by Crippen LogP contribution is -2.39. The highest BCUT2D eigenvalue weighted by Crippen LogP contribution is 2.22. The van der Waals surface area contributed by atoms with Crippen LogP contribution in [0.15, 0.2) is 28.7 Å². The molecule has 1 fully saturated rings. The first-order chi connectivity index (χ1) is 10.0. The molecule has 0 spiro atoms. The highest BCUT2D eigenvalue weighted by Gasteiger charge is 2.21. The van der Waals surface area contributed by atoms with Crippen molar-refractivity contribution in [1.82, 2.24) is 10.6 Å². The summed E-state index contributed by atoms with van der Waals surface area (Å²) >= 11 is 3.39. The molecule has 6 heteroatoms. The van der Waals surface area contributed by atoms with Gasteiger partial charge in [-0.2, -0.15) is 0 Å². The first-order valence-corrected chi connectivity index (χ1v) is 7.94. The largest absolute Gasteiger partial charge is 0.353 e. The summed E-state index contributed by atoms with van der Waals surface area (Å²) in [7, 11) is 0. The smallest absolute Gasteiger partial charge is 0.312 e. The predicted octanol–water partition coefficient (Wildman–Crippen LogP) is 2.61. The Morgan fingerprint density at radius 2 is 2.05 bits per heavy atom. The van der Waals surface area contributed by atoms with Gasteiger partial charge in [0.2, 0.25) is 5.91 Å². The van der Waals surface area contributed by atoms with Gasteiger partial charge in [0.1, 0.15) is 0 Å². The van der Waals surface area contributed by atoms with Gasteiger partial charge in [-0.3, -0.25) is 4.79 Å². The predicted molar refractivity (Wildman–Crippen MR) is 84.6 cm³/mol. The fraction of sp³-hybridized carbons (Fsp3) is 0.467. The fourth-order valence-corrected chi connectivity index (χ4v) is 3.11. The number of benzene rings is 1. The van der Waals surface area contributed by atoms with Crippen LogP contribution in [-0.4, -0.2) is 18.0 Å². The number of amides is 3. The molecule has 1 saturated carbocycles. The minimum Gasteiger partial charge on any atom is -0.353 e. The van der Waals surface area contributed by atoms with Crippen molar-refractivity contribution in [1.29, 1.82) is 0 Å². The van der Waals surface area contributed by atoms with Gasteiger partial charge in [-0.1, -0.05) is 40.9 Å². The molecule has 1 aliphatic rings. The summed E-state index contributed by atoms with van der Waals surface area (Å²) in [6.07, 6.45) is 4.60. The lowest BCUT2D eigenvalue weighted by atomic mass is 10.0. The van der Waals surface area contributed by atoms with Crippen LogP contribution in [0.4, 0.5) is 4.79 Å². The maximum absolute atomic E-state index is 12.1. The molecule has 21 heavy (non-hydrogen) atoms. The molecule has 0 aromatic heterocycles. The Bertz CT molecular complexity index is 515. The monoisotopic (exact) mass is 353 g/mol. The minimum atomic E-state index is -0.631. The van der Waals surface area contributed by atoms with Crippen LogP contribution in [0.1, 0.15) is 43.7 Å². The van der Waals surface area contributed by atoms with Crippen LogP contribution in [0.5, 0.6) is 0 Å². The standard InChI is InChI=1S/C15H20BrN3O2/c16-11-5-3-4-10(8-11)13(19-15(17)21)9-14(20)18-12-6-1-2-7-12/h3-5,8,12-13H,1-2,6-7,9H2,(H,18,20)(H3,17,19,21)/t13-/m1/s1. The number of carbonyl (C=O) groups is 2. The Labute approximate surface area is 132 Å². The molecule has 0 aliphatic heterocycles. The van der Waals surface area contributed by atoms with Gasteiger partial charge >= 0.3 is 6.03 Å². The number of hydrogen-bond acceptors (Lipinski definition) is 2. The summed E-state index contributed by atoms with van der Waals surface area (Å²) in [6.45, 7) is 0. The van der Waals surface area contributed by atoms with E-state index in [0.29, 0.717) is 0 Å². The van der Waals surface area contributed by atoms with Gasteiger partial charge in [-0.25, -0.2) is 4.79 Å². The third kappa shape index (κ3) is 5.04. The van der Waals surface area contributed by atoms with E-state index in [0.717, 1.165) is 22.9 Å². The number of hydrogen-bond donors (Lipinski definition) is 3. The van der Waals surface area contributed by atoms with Crippen molar-refractivity contribution in [2.24, 2.45) is 5.73 Å². The number of halogens is 1. The second-order valence-electron chi connectivity index (χ2n) is 5.37. The number of nitrogens with two attached hydrogens (primary N) is 1. The van der Waals surface area contributed by atoms with E-state index in [2.05, 4.69) is 26.6 Å². The fourth-order valence-electron chi connectivity index (χ4n) is 2.69. The van der Waals surface area contributed by atoms with E-state index in [1.165, 1.54) is 12.8 Å². The normalized spacial score (nSPS) is 16.4. The first-order valence-electron chi connectivity index (χ1n) is 7.15. The third-order valence-corrected chi connectivity index (χ3v) is 4.17. The number of primary amides is 1. The molecular formula is C15H20BrN3O2. The van der Waals surface area contributed by atoms with Crippen LogP contribution >= 0.6 is 15.9 Å². The molecule has 0 heterocycles. The Hall–Kier alpha value is -1.56. The number of nitrogens with one attached hydrogen (secondary N) is 2. The van der Waals surface area contributed by atoms with Gasteiger partial charge in [-0.05, 0) is 30.5 Å². The molecule has 1 aliphatic carbocycles. The van der Waals surface area contributed by atoms with E-state index in [9.17, 15) is 9.59 Å². The second-order valence-corrected chi connectivity index (χ2v) is 6.28. The van der Waals surface area contributed by atoms with E-state index in [4.69, 9.17) is 5.73 Å². The molecule has 3 amide bonds. The van der Waals surface area contributed by atoms with Gasteiger partial charge < -0.3 is 16.4 Å². The van der Waals surface area contributed by atoms with Gasteiger partial charge in [0, 0.05) is 10.5 Å². The van der Waals surface area contributed by atoms with Gasteiger partial charge in [-0.15, -0.1) is 0 Å². The van der Waals surface area contributed by atoms with Crippen molar-refractivity contribution in [2.75, 3.05) is 0 Å². The Morgan fingerprint density at radius 3 is 2.67 bits per heavy atom. The molecule has 0 unspecified atom stereocenters. The molecule has 2 rings (SSSR count). The third-order valence-electron chi connectivity index (χ3n) is 3.68. The summed E-state index contributed by atoms with van der Waals surface area (Å²) in [6, 6.07) is 6.73. The van der Waals surface area contributed by atoms with E-state index in [-0.39, 0.29) is 18.4 Å². The van der Waals surface area contributed by atoms with E-state index < -0.39 is 12.1 Å². The maximum Gasteiger partial charge on any atom is 0.312 e. The molecule has 0 radical (unpaired) electrons. The molecule has 5 nitrogen and oxygen atoms in total. The van der Waals surface area contributed by atoms with E-state index >= 15 is 0 Å². The first kappa shape index (κ1) is 15.8. The molecule has 114 valence electrons. The average molecular weight is 354 g/mol. The summed E-state index contributed by atoms with van der Waals surface area (Å²) in [4.78, 5) is 23.3. The molecule has 1 aromatic rings. The summed E-state index contributed by atoms with van der Waals surface area (Å²) < 4.78 is 0.896. The van der Waals surface area contributed by atoms with Gasteiger partial charge in [0.25, 0.3) is 0 Å². The van der Waals surface area contributed by atoms with Gasteiger partial charge in [0.05, 0.1) is 12.5 Å². The van der Waals surface area contributed by atoms with Crippen molar-refractivity contribution in [2.45, 2.75) is 44.2 Å². The van der Waals surface area contributed by atoms with Crippen molar-refractivity contribution in [3.8, 4) is 0 Å². The van der Waals surface area contributed by atoms with E-state index in [1.807, 2.05) is 24.3 Å². The molecule has 1 aromatic carbocycles. The zero-order valence-corrected chi connectivity index (χ0v) is 13.4. The van der Waals surface area contributed by atoms with Crippen molar-refractivity contribution < 1.29 is 9.59 Å². The molecule has 1 atom stereocenters. The van der Waals surface area contributed by atoms with Crippen molar-refractivity contribution in [3.63, 3.8) is 0 Å². The maximum atomic E-state index is 12.1. The quantitative estimate of drug-likeness (QED) is 0.759. The minimum absolute atomic E-state index is 0.0550. The number of rotatable bonds is 5. The average Bonchev–Trinajstić information content (AvgIpc) is 2.90. The molecule has 4 N–H and O–H groups in total. The SMILES string of the molecule is NC(=O)N[C@H](CC(=O)NC1CCCC1)c1cccc(Br)c1. The number of urea groups is 1. The van der Waals surface area contributed by atoms with Crippen LogP contribution in [0, 0.1) is 0 Å². The Balaban J connectivity index is 2.01. The summed E-state index contributed by atoms with van der Waals surface area (Å²) in [5, 5.41) is 5.66. The van der Waals surface area contributed by atoms with Crippen LogP contribution in [0.2, 0.25) is 0 Å². The highest BCUT2D eigenvalue weighted by atomic mass is 79.9. The van der Waals surface area contributed by atoms with Crippen molar-refractivity contribution >= 4 is 27.9 Å². The zero-order valence-electron chi connectivity index (χ0n) is 11.8. The Morgan fingerprint density at radius 1 is 1.33 bits per heavy atom. The van der Waals surface area contributed by atoms with Crippen LogP contribution in [-0.2, 0) is 4.79 Å². The van der Waals surface area contributed by atoms with Gasteiger partial charge in [0.15, 0.2) is 0 Å². The number of carbonyl (C=O) groups excluding carboxylic acids is 2. The topological polar surface area (TPSA) is 84.2 Å². The summed E-state index contributed by atoms with van der Waals surface area (Å²) in [5.41, 5.74) is 6.07. The lowest BCUT2D eigenvalue weighted by molar-refractivity contribution is -0.122. The van der Waals surface area contributed by atoms with Crippen LogP contribution < -0.4 is 16.4 Å². The van der Waals surface area contributed by atoms with Crippen molar-refractivity contribution in [3.05, 3.63) is 34.3 Å². The Kier molecular flexibility index (Phi) is 5.61. The molecular weight excluding hydrogens is 334 g/mol. The molecule has 0 saturated heterocycles. The zero-order chi connectivity index (χ0) is 15.2. The molecule has 0 bridgehead atoms. The van der Waals surface area contributed by atoms with E-state index in [1.54, 1.807) is 0 Å².